The number of fused-ring (bicyclic) bond motifs is 2. The molecular weight excluding hydrogens is 304 g/mol. The Hall–Kier alpha value is -2.88. The molecule has 24 heavy (non-hydrogen) atoms. The van der Waals surface area contributed by atoms with Crippen LogP contribution in [0.5, 0.6) is 23.0 Å². The summed E-state index contributed by atoms with van der Waals surface area (Å²) in [4.78, 5) is 0. The molecule has 2 aromatic carbocycles. The fourth-order valence-corrected chi connectivity index (χ4v) is 2.42. The molecule has 124 valence electrons. The molecule has 4 rings (SSSR count). The van der Waals surface area contributed by atoms with E-state index in [0.29, 0.717) is 13.6 Å². The zero-order valence-electron chi connectivity index (χ0n) is 13.8. The van der Waals surface area contributed by atoms with Crippen molar-refractivity contribution in [3.8, 4) is 23.0 Å². The summed E-state index contributed by atoms with van der Waals surface area (Å²) in [5.74, 6) is 3.35. The largest absolute Gasteiger partial charge is 0.454 e. The molecule has 0 atom stereocenters. The third-order valence-electron chi connectivity index (χ3n) is 3.51. The molecule has 0 fully saturated rings. The Balaban J connectivity index is 0.000000141. The fraction of sp³-hybridized carbons (Fsp3) is 0.200. The van der Waals surface area contributed by atoms with Crippen LogP contribution in [0.25, 0.3) is 12.2 Å². The zero-order valence-corrected chi connectivity index (χ0v) is 13.8. The Bertz CT molecular complexity index is 697. The van der Waals surface area contributed by atoms with E-state index in [4.69, 9.17) is 18.9 Å². The lowest BCUT2D eigenvalue weighted by Gasteiger charge is -1.96. The van der Waals surface area contributed by atoms with E-state index in [0.717, 1.165) is 34.1 Å². The molecular formula is C20H20O4. The summed E-state index contributed by atoms with van der Waals surface area (Å²) >= 11 is 0. The predicted octanol–water partition coefficient (Wildman–Crippen LogP) is 4.90. The van der Waals surface area contributed by atoms with E-state index in [-0.39, 0.29) is 0 Å². The van der Waals surface area contributed by atoms with Gasteiger partial charge in [-0.3, -0.25) is 0 Å². The summed E-state index contributed by atoms with van der Waals surface area (Å²) in [5, 5.41) is 0. The molecule has 0 unspecified atom stereocenters. The molecule has 0 saturated heterocycles. The second-order valence-electron chi connectivity index (χ2n) is 5.23. The van der Waals surface area contributed by atoms with Crippen LogP contribution in [0.3, 0.4) is 0 Å². The second-order valence-corrected chi connectivity index (χ2v) is 5.23. The van der Waals surface area contributed by atoms with E-state index in [2.05, 4.69) is 0 Å². The van der Waals surface area contributed by atoms with Crippen molar-refractivity contribution < 1.29 is 18.9 Å². The molecule has 0 aromatic heterocycles. The highest BCUT2D eigenvalue weighted by atomic mass is 16.7. The molecule has 4 nitrogen and oxygen atoms in total. The highest BCUT2D eigenvalue weighted by molar-refractivity contribution is 5.57. The maximum absolute atomic E-state index is 5.23. The highest BCUT2D eigenvalue weighted by Crippen LogP contribution is 2.33. The molecule has 2 aromatic rings. The number of rotatable bonds is 2. The minimum absolute atomic E-state index is 0.342. The van der Waals surface area contributed by atoms with Gasteiger partial charge in [-0.05, 0) is 49.2 Å². The van der Waals surface area contributed by atoms with Crippen LogP contribution in [0.4, 0.5) is 0 Å². The van der Waals surface area contributed by atoms with Crippen LogP contribution >= 0.6 is 0 Å². The Morgan fingerprint density at radius 1 is 0.625 bits per heavy atom. The van der Waals surface area contributed by atoms with Gasteiger partial charge in [0.05, 0.1) is 0 Å². The first-order chi connectivity index (χ1) is 11.8. The normalized spacial score (nSPS) is 14.1. The number of benzene rings is 2. The first-order valence-electron chi connectivity index (χ1n) is 7.85. The molecule has 0 aliphatic carbocycles. The van der Waals surface area contributed by atoms with Gasteiger partial charge in [0.25, 0.3) is 0 Å². The summed E-state index contributed by atoms with van der Waals surface area (Å²) in [7, 11) is 0. The molecule has 0 saturated carbocycles. The van der Waals surface area contributed by atoms with Crippen molar-refractivity contribution >= 4 is 12.2 Å². The topological polar surface area (TPSA) is 36.9 Å². The van der Waals surface area contributed by atoms with Gasteiger partial charge in [0.2, 0.25) is 13.6 Å². The lowest BCUT2D eigenvalue weighted by atomic mass is 10.2. The number of hydrogen-bond acceptors (Lipinski definition) is 4. The van der Waals surface area contributed by atoms with Gasteiger partial charge in [0, 0.05) is 0 Å². The SMILES string of the molecule is C/C=C/c1ccc2c(c1)OCO2.C/C=C/c1ccc2c(c1)OCO2. The quantitative estimate of drug-likeness (QED) is 0.787. The van der Waals surface area contributed by atoms with Crippen molar-refractivity contribution in [2.24, 2.45) is 0 Å². The van der Waals surface area contributed by atoms with Gasteiger partial charge in [-0.15, -0.1) is 0 Å². The molecule has 2 aliphatic rings. The maximum atomic E-state index is 5.23. The minimum Gasteiger partial charge on any atom is -0.454 e. The molecule has 0 N–H and O–H groups in total. The van der Waals surface area contributed by atoms with Crippen molar-refractivity contribution in [2.75, 3.05) is 13.6 Å². The van der Waals surface area contributed by atoms with Crippen molar-refractivity contribution in [3.63, 3.8) is 0 Å². The number of hydrogen-bond donors (Lipinski definition) is 0. The van der Waals surface area contributed by atoms with Crippen LogP contribution in [-0.4, -0.2) is 13.6 Å². The van der Waals surface area contributed by atoms with Gasteiger partial charge < -0.3 is 18.9 Å². The van der Waals surface area contributed by atoms with E-state index in [1.807, 2.05) is 74.5 Å². The van der Waals surface area contributed by atoms with E-state index in [9.17, 15) is 0 Å². The average molecular weight is 324 g/mol. The van der Waals surface area contributed by atoms with Gasteiger partial charge >= 0.3 is 0 Å². The van der Waals surface area contributed by atoms with Gasteiger partial charge in [-0.2, -0.15) is 0 Å². The zero-order chi connectivity index (χ0) is 16.8. The van der Waals surface area contributed by atoms with Crippen LogP contribution in [-0.2, 0) is 0 Å². The van der Waals surface area contributed by atoms with Crippen LogP contribution in [0.2, 0.25) is 0 Å². The summed E-state index contributed by atoms with van der Waals surface area (Å²) in [6, 6.07) is 11.8. The Morgan fingerprint density at radius 2 is 1.04 bits per heavy atom. The summed E-state index contributed by atoms with van der Waals surface area (Å²) in [6.45, 7) is 4.67. The lowest BCUT2D eigenvalue weighted by molar-refractivity contribution is 0.173. The minimum atomic E-state index is 0.342. The van der Waals surface area contributed by atoms with E-state index in [1.165, 1.54) is 0 Å². The van der Waals surface area contributed by atoms with Crippen molar-refractivity contribution in [3.05, 3.63) is 59.7 Å². The molecule has 0 radical (unpaired) electrons. The molecule has 2 heterocycles. The van der Waals surface area contributed by atoms with Crippen LogP contribution in [0, 0.1) is 0 Å². The van der Waals surface area contributed by atoms with Crippen molar-refractivity contribution in [1.29, 1.82) is 0 Å². The third kappa shape index (κ3) is 3.71. The first-order valence-corrected chi connectivity index (χ1v) is 7.85. The summed E-state index contributed by atoms with van der Waals surface area (Å²) in [6.07, 6.45) is 8.05. The maximum Gasteiger partial charge on any atom is 0.231 e. The van der Waals surface area contributed by atoms with Gasteiger partial charge in [0.15, 0.2) is 23.0 Å². The monoisotopic (exact) mass is 324 g/mol. The van der Waals surface area contributed by atoms with Crippen LogP contribution < -0.4 is 18.9 Å². The van der Waals surface area contributed by atoms with Crippen molar-refractivity contribution in [2.45, 2.75) is 13.8 Å². The molecule has 0 bridgehead atoms. The van der Waals surface area contributed by atoms with Gasteiger partial charge in [0.1, 0.15) is 0 Å². The highest BCUT2D eigenvalue weighted by Gasteiger charge is 2.12. The lowest BCUT2D eigenvalue weighted by Crippen LogP contribution is -1.92. The van der Waals surface area contributed by atoms with E-state index < -0.39 is 0 Å². The third-order valence-corrected chi connectivity index (χ3v) is 3.51. The first kappa shape index (κ1) is 16.0. The Morgan fingerprint density at radius 3 is 1.46 bits per heavy atom. The fourth-order valence-electron chi connectivity index (χ4n) is 2.42. The van der Waals surface area contributed by atoms with Crippen molar-refractivity contribution in [1.82, 2.24) is 0 Å². The van der Waals surface area contributed by atoms with Gasteiger partial charge in [-0.1, -0.05) is 36.4 Å². The standard InChI is InChI=1S/2C10H10O2/c2*1-2-3-8-4-5-9-10(6-8)12-7-11-9/h2*2-6H,7H2,1H3/b2*3-2+. The second kappa shape index (κ2) is 7.59. The van der Waals surface area contributed by atoms with Gasteiger partial charge in [-0.25, -0.2) is 0 Å². The van der Waals surface area contributed by atoms with E-state index in [1.54, 1.807) is 0 Å². The molecule has 4 heteroatoms. The predicted molar refractivity (Wildman–Crippen MR) is 94.5 cm³/mol. The molecule has 0 spiro atoms. The average Bonchev–Trinajstić information content (AvgIpc) is 3.24. The summed E-state index contributed by atoms with van der Waals surface area (Å²) in [5.41, 5.74) is 2.28. The molecule has 0 amide bonds. The van der Waals surface area contributed by atoms with E-state index >= 15 is 0 Å². The number of allylic oxidation sites excluding steroid dienone is 2. The Labute approximate surface area is 141 Å². The van der Waals surface area contributed by atoms with Crippen LogP contribution in [0.1, 0.15) is 25.0 Å². The van der Waals surface area contributed by atoms with Crippen LogP contribution in [0.15, 0.2) is 48.6 Å². The Kier molecular flexibility index (Phi) is 5.06. The number of ether oxygens (including phenoxy) is 4. The molecule has 2 aliphatic heterocycles. The summed E-state index contributed by atoms with van der Waals surface area (Å²) < 4.78 is 20.8. The smallest absolute Gasteiger partial charge is 0.231 e.